The molecule has 1 heterocycles. The SMILES string of the molecule is CC(C[C@H](O)c1ccccc1)c1nc(NC(=N)NC=O)c[nH]1. The van der Waals surface area contributed by atoms with Crippen molar-refractivity contribution < 1.29 is 9.90 Å². The highest BCUT2D eigenvalue weighted by atomic mass is 16.3. The van der Waals surface area contributed by atoms with Gasteiger partial charge >= 0.3 is 0 Å². The van der Waals surface area contributed by atoms with Gasteiger partial charge in [-0.3, -0.25) is 15.5 Å². The zero-order chi connectivity index (χ0) is 15.9. The second-order valence-electron chi connectivity index (χ2n) is 5.00. The number of aliphatic hydroxyl groups excluding tert-OH is 1. The van der Waals surface area contributed by atoms with E-state index in [-0.39, 0.29) is 11.9 Å². The van der Waals surface area contributed by atoms with Crippen LogP contribution in [0.25, 0.3) is 0 Å². The van der Waals surface area contributed by atoms with Gasteiger partial charge in [-0.2, -0.15) is 0 Å². The summed E-state index contributed by atoms with van der Waals surface area (Å²) in [4.78, 5) is 17.5. The number of H-pyrrole nitrogens is 1. The number of benzene rings is 1. The van der Waals surface area contributed by atoms with Crippen molar-refractivity contribution in [1.82, 2.24) is 15.3 Å². The van der Waals surface area contributed by atoms with Crippen LogP contribution in [-0.2, 0) is 4.79 Å². The molecule has 0 saturated heterocycles. The summed E-state index contributed by atoms with van der Waals surface area (Å²) in [5, 5.41) is 22.5. The summed E-state index contributed by atoms with van der Waals surface area (Å²) >= 11 is 0. The van der Waals surface area contributed by atoms with Crippen LogP contribution in [0.2, 0.25) is 0 Å². The third kappa shape index (κ3) is 4.16. The van der Waals surface area contributed by atoms with Crippen molar-refractivity contribution in [2.75, 3.05) is 5.32 Å². The number of aromatic amines is 1. The molecule has 2 aromatic rings. The first-order valence-electron chi connectivity index (χ1n) is 6.94. The predicted molar refractivity (Wildman–Crippen MR) is 83.6 cm³/mol. The summed E-state index contributed by atoms with van der Waals surface area (Å²) in [5.74, 6) is 1.01. The molecule has 1 aromatic carbocycles. The number of nitrogens with zero attached hydrogens (tertiary/aromatic N) is 1. The normalized spacial score (nSPS) is 13.2. The van der Waals surface area contributed by atoms with Gasteiger partial charge in [-0.25, -0.2) is 4.98 Å². The summed E-state index contributed by atoms with van der Waals surface area (Å²) in [5.41, 5.74) is 0.871. The van der Waals surface area contributed by atoms with Gasteiger partial charge in [0.1, 0.15) is 5.82 Å². The molecule has 7 nitrogen and oxygen atoms in total. The smallest absolute Gasteiger partial charge is 0.213 e. The molecule has 2 rings (SSSR count). The summed E-state index contributed by atoms with van der Waals surface area (Å²) in [6, 6.07) is 9.47. The molecular weight excluding hydrogens is 282 g/mol. The Bertz CT molecular complexity index is 626. The lowest BCUT2D eigenvalue weighted by molar-refractivity contribution is -0.108. The molecule has 0 fully saturated rings. The molecule has 7 heteroatoms. The molecule has 116 valence electrons. The molecule has 0 radical (unpaired) electrons. The maximum atomic E-state index is 10.2. The standard InChI is InChI=1S/C15H19N5O2/c1-10(7-12(22)11-5-3-2-4-6-11)14-17-8-13(19-14)20-15(16)18-9-21/h2-6,8-10,12,22H,7H2,1H3,(H,17,19)(H3,16,18,20,21)/t10?,12-/m0/s1. The van der Waals surface area contributed by atoms with Crippen LogP contribution >= 0.6 is 0 Å². The Morgan fingerprint density at radius 2 is 2.18 bits per heavy atom. The average molecular weight is 301 g/mol. The third-order valence-corrected chi connectivity index (χ3v) is 3.28. The van der Waals surface area contributed by atoms with E-state index in [1.54, 1.807) is 6.20 Å². The van der Waals surface area contributed by atoms with Gasteiger partial charge in [-0.05, 0) is 12.0 Å². The number of rotatable bonds is 6. The van der Waals surface area contributed by atoms with Crippen molar-refractivity contribution in [3.05, 3.63) is 47.9 Å². The van der Waals surface area contributed by atoms with Crippen molar-refractivity contribution in [3.63, 3.8) is 0 Å². The molecule has 0 saturated carbocycles. The minimum absolute atomic E-state index is 0.0129. The van der Waals surface area contributed by atoms with E-state index in [1.807, 2.05) is 37.3 Å². The Morgan fingerprint density at radius 3 is 2.86 bits per heavy atom. The zero-order valence-corrected chi connectivity index (χ0v) is 12.2. The minimum atomic E-state index is -0.562. The second-order valence-corrected chi connectivity index (χ2v) is 5.00. The van der Waals surface area contributed by atoms with Crippen LogP contribution in [-0.4, -0.2) is 27.4 Å². The molecule has 0 aliphatic heterocycles. The highest BCUT2D eigenvalue weighted by molar-refractivity contribution is 5.96. The molecule has 1 amide bonds. The molecular formula is C15H19N5O2. The number of hydrogen-bond acceptors (Lipinski definition) is 4. The molecule has 1 unspecified atom stereocenters. The van der Waals surface area contributed by atoms with E-state index in [0.717, 1.165) is 5.56 Å². The molecule has 5 N–H and O–H groups in total. The Kier molecular flexibility index (Phi) is 5.26. The van der Waals surface area contributed by atoms with Gasteiger partial charge in [0.05, 0.1) is 6.10 Å². The highest BCUT2D eigenvalue weighted by Crippen LogP contribution is 2.26. The van der Waals surface area contributed by atoms with Crippen molar-refractivity contribution in [1.29, 1.82) is 5.41 Å². The number of carbonyl (C=O) groups is 1. The van der Waals surface area contributed by atoms with Crippen LogP contribution in [0.3, 0.4) is 0 Å². The van der Waals surface area contributed by atoms with Gasteiger partial charge in [-0.1, -0.05) is 37.3 Å². The minimum Gasteiger partial charge on any atom is -0.388 e. The number of hydrogen-bond donors (Lipinski definition) is 5. The second kappa shape index (κ2) is 7.37. The van der Waals surface area contributed by atoms with Crippen molar-refractivity contribution >= 4 is 18.2 Å². The number of carbonyl (C=O) groups excluding carboxylic acids is 1. The number of nitrogens with one attached hydrogen (secondary N) is 4. The lowest BCUT2D eigenvalue weighted by atomic mass is 9.98. The van der Waals surface area contributed by atoms with E-state index >= 15 is 0 Å². The fourth-order valence-corrected chi connectivity index (χ4v) is 2.13. The van der Waals surface area contributed by atoms with Crippen molar-refractivity contribution in [2.45, 2.75) is 25.4 Å². The molecule has 0 aliphatic carbocycles. The van der Waals surface area contributed by atoms with Crippen LogP contribution in [0.1, 0.15) is 36.8 Å². The fourth-order valence-electron chi connectivity index (χ4n) is 2.13. The Hall–Kier alpha value is -2.67. The van der Waals surface area contributed by atoms with Gasteiger partial charge in [0.2, 0.25) is 12.4 Å². The first-order chi connectivity index (χ1) is 10.6. The Labute approximate surface area is 128 Å². The number of imidazole rings is 1. The van der Waals surface area contributed by atoms with Crippen LogP contribution in [0.4, 0.5) is 5.82 Å². The number of anilines is 1. The van der Waals surface area contributed by atoms with Gasteiger partial charge in [0, 0.05) is 12.1 Å². The van der Waals surface area contributed by atoms with Gasteiger partial charge in [0.15, 0.2) is 5.82 Å². The summed E-state index contributed by atoms with van der Waals surface area (Å²) < 4.78 is 0. The van der Waals surface area contributed by atoms with Crippen molar-refractivity contribution in [2.24, 2.45) is 0 Å². The van der Waals surface area contributed by atoms with Gasteiger partial charge < -0.3 is 15.4 Å². The van der Waals surface area contributed by atoms with Crippen LogP contribution in [0.15, 0.2) is 36.5 Å². The summed E-state index contributed by atoms with van der Waals surface area (Å²) in [6.07, 6.45) is 2.00. The van der Waals surface area contributed by atoms with E-state index in [9.17, 15) is 9.90 Å². The molecule has 0 aliphatic rings. The fraction of sp³-hybridized carbons (Fsp3) is 0.267. The largest absolute Gasteiger partial charge is 0.388 e. The van der Waals surface area contributed by atoms with Gasteiger partial charge in [-0.15, -0.1) is 0 Å². The van der Waals surface area contributed by atoms with Crippen LogP contribution < -0.4 is 10.6 Å². The van der Waals surface area contributed by atoms with Crippen LogP contribution in [0.5, 0.6) is 0 Å². The number of guanidine groups is 1. The summed E-state index contributed by atoms with van der Waals surface area (Å²) in [6.45, 7) is 1.96. The number of amides is 1. The molecule has 22 heavy (non-hydrogen) atoms. The lowest BCUT2D eigenvalue weighted by Crippen LogP contribution is -2.28. The quantitative estimate of drug-likeness (QED) is 0.317. The summed E-state index contributed by atoms with van der Waals surface area (Å²) in [7, 11) is 0. The van der Waals surface area contributed by atoms with Crippen molar-refractivity contribution in [3.8, 4) is 0 Å². The van der Waals surface area contributed by atoms with Gasteiger partial charge in [0.25, 0.3) is 0 Å². The molecule has 1 aromatic heterocycles. The maximum absolute atomic E-state index is 10.2. The highest BCUT2D eigenvalue weighted by Gasteiger charge is 2.16. The monoisotopic (exact) mass is 301 g/mol. The lowest BCUT2D eigenvalue weighted by Gasteiger charge is -2.15. The van der Waals surface area contributed by atoms with E-state index in [4.69, 9.17) is 5.41 Å². The van der Waals surface area contributed by atoms with E-state index in [0.29, 0.717) is 24.5 Å². The topological polar surface area (TPSA) is 114 Å². The van der Waals surface area contributed by atoms with E-state index in [2.05, 4.69) is 20.6 Å². The number of aliphatic hydroxyl groups is 1. The van der Waals surface area contributed by atoms with Crippen LogP contribution in [0, 0.1) is 5.41 Å². The average Bonchev–Trinajstić information content (AvgIpc) is 2.97. The third-order valence-electron chi connectivity index (χ3n) is 3.28. The molecule has 0 bridgehead atoms. The Morgan fingerprint density at radius 1 is 1.45 bits per heavy atom. The first kappa shape index (κ1) is 15.7. The first-order valence-corrected chi connectivity index (χ1v) is 6.94. The zero-order valence-electron chi connectivity index (χ0n) is 12.2. The van der Waals surface area contributed by atoms with E-state index < -0.39 is 6.10 Å². The molecule has 0 spiro atoms. The molecule has 2 atom stereocenters. The van der Waals surface area contributed by atoms with E-state index in [1.165, 1.54) is 0 Å². The predicted octanol–water partition coefficient (Wildman–Crippen LogP) is 1.73. The maximum Gasteiger partial charge on any atom is 0.213 e. The number of aromatic nitrogens is 2. The Balaban J connectivity index is 1.95.